The number of fused-ring (bicyclic) bond motifs is 1. The number of carbonyl (C=O) groups is 2. The first-order valence-corrected chi connectivity index (χ1v) is 9.11. The molecule has 2 aliphatic rings. The second-order valence-corrected chi connectivity index (χ2v) is 7.87. The molecule has 1 saturated carbocycles. The number of benzene rings is 1. The minimum Gasteiger partial charge on any atom is -0.379 e. The Morgan fingerprint density at radius 1 is 1.17 bits per heavy atom. The molecule has 1 N–H and O–H groups in total. The Hall–Kier alpha value is -1.90. The topological polar surface area (TPSA) is 46.2 Å². The SMILES string of the molecule is CC1(C)Cc2ccc(C=O)cc2/C(=C/C(=O)C2CCCCCC2)N1. The van der Waals surface area contributed by atoms with Gasteiger partial charge in [-0.05, 0) is 44.7 Å². The second-order valence-electron chi connectivity index (χ2n) is 7.87. The Morgan fingerprint density at radius 2 is 1.88 bits per heavy atom. The quantitative estimate of drug-likeness (QED) is 0.512. The van der Waals surface area contributed by atoms with Gasteiger partial charge >= 0.3 is 0 Å². The molecule has 0 spiro atoms. The molecule has 3 rings (SSSR count). The first-order chi connectivity index (χ1) is 11.5. The van der Waals surface area contributed by atoms with Gasteiger partial charge in [0.1, 0.15) is 6.29 Å². The van der Waals surface area contributed by atoms with Crippen molar-refractivity contribution in [3.63, 3.8) is 0 Å². The maximum Gasteiger partial charge on any atom is 0.160 e. The Labute approximate surface area is 144 Å². The van der Waals surface area contributed by atoms with E-state index in [1.54, 1.807) is 6.08 Å². The monoisotopic (exact) mass is 325 g/mol. The molecular weight excluding hydrogens is 298 g/mol. The first kappa shape index (κ1) is 16.9. The van der Waals surface area contributed by atoms with Gasteiger partial charge in [0, 0.05) is 34.4 Å². The highest BCUT2D eigenvalue weighted by atomic mass is 16.1. The van der Waals surface area contributed by atoms with Crippen LogP contribution in [0, 0.1) is 5.92 Å². The van der Waals surface area contributed by atoms with Crippen LogP contribution in [0.1, 0.15) is 73.9 Å². The van der Waals surface area contributed by atoms with Crippen molar-refractivity contribution < 1.29 is 9.59 Å². The van der Waals surface area contributed by atoms with Crippen molar-refractivity contribution in [2.45, 2.75) is 64.3 Å². The molecule has 24 heavy (non-hydrogen) atoms. The summed E-state index contributed by atoms with van der Waals surface area (Å²) in [6.45, 7) is 4.29. The first-order valence-electron chi connectivity index (χ1n) is 9.11. The van der Waals surface area contributed by atoms with Crippen LogP contribution in [0.5, 0.6) is 0 Å². The molecule has 1 aromatic rings. The average Bonchev–Trinajstić information content (AvgIpc) is 2.83. The number of rotatable bonds is 3. The zero-order valence-electron chi connectivity index (χ0n) is 14.7. The number of ketones is 1. The minimum atomic E-state index is -0.0920. The van der Waals surface area contributed by atoms with Gasteiger partial charge in [-0.3, -0.25) is 9.59 Å². The van der Waals surface area contributed by atoms with Gasteiger partial charge in [0.15, 0.2) is 5.78 Å². The molecule has 1 aliphatic heterocycles. The van der Waals surface area contributed by atoms with Gasteiger partial charge in [0.2, 0.25) is 0 Å². The predicted molar refractivity (Wildman–Crippen MR) is 96.9 cm³/mol. The van der Waals surface area contributed by atoms with E-state index in [2.05, 4.69) is 19.2 Å². The number of hydrogen-bond acceptors (Lipinski definition) is 3. The third kappa shape index (κ3) is 3.77. The number of carbonyl (C=O) groups excluding carboxylic acids is 2. The molecule has 1 fully saturated rings. The Balaban J connectivity index is 1.93. The standard InChI is InChI=1S/C21H27NO2/c1-21(2)13-17-10-9-15(14-23)11-18(17)19(22-21)12-20(24)16-7-5-3-4-6-8-16/h9-12,14,16,22H,3-8,13H2,1-2H3/b19-12-. The van der Waals surface area contributed by atoms with Crippen LogP contribution in [-0.2, 0) is 11.2 Å². The van der Waals surface area contributed by atoms with Gasteiger partial charge in [-0.15, -0.1) is 0 Å². The third-order valence-corrected chi connectivity index (χ3v) is 5.21. The van der Waals surface area contributed by atoms with E-state index in [-0.39, 0.29) is 17.2 Å². The number of hydrogen-bond donors (Lipinski definition) is 1. The second kappa shape index (κ2) is 6.92. The van der Waals surface area contributed by atoms with Crippen molar-refractivity contribution in [3.05, 3.63) is 41.0 Å². The van der Waals surface area contributed by atoms with Gasteiger partial charge in [0.25, 0.3) is 0 Å². The summed E-state index contributed by atoms with van der Waals surface area (Å²) in [5.74, 6) is 0.393. The lowest BCUT2D eigenvalue weighted by molar-refractivity contribution is -0.118. The van der Waals surface area contributed by atoms with Crippen molar-refractivity contribution in [1.29, 1.82) is 0 Å². The van der Waals surface area contributed by atoms with Crippen molar-refractivity contribution in [1.82, 2.24) is 5.32 Å². The smallest absolute Gasteiger partial charge is 0.160 e. The molecule has 3 heteroatoms. The molecule has 1 heterocycles. The highest BCUT2D eigenvalue weighted by molar-refractivity contribution is 5.99. The van der Waals surface area contributed by atoms with Gasteiger partial charge in [0.05, 0.1) is 0 Å². The summed E-state index contributed by atoms with van der Waals surface area (Å²) in [7, 11) is 0. The van der Waals surface area contributed by atoms with E-state index >= 15 is 0 Å². The van der Waals surface area contributed by atoms with E-state index in [9.17, 15) is 9.59 Å². The molecule has 0 radical (unpaired) electrons. The van der Waals surface area contributed by atoms with Crippen LogP contribution < -0.4 is 5.32 Å². The molecule has 1 aromatic carbocycles. The fraction of sp³-hybridized carbons (Fsp3) is 0.524. The highest BCUT2D eigenvalue weighted by Crippen LogP contribution is 2.31. The fourth-order valence-electron chi connectivity index (χ4n) is 3.96. The number of aldehydes is 1. The molecule has 128 valence electrons. The van der Waals surface area contributed by atoms with E-state index < -0.39 is 0 Å². The van der Waals surface area contributed by atoms with E-state index in [0.29, 0.717) is 5.56 Å². The molecule has 0 unspecified atom stereocenters. The lowest BCUT2D eigenvalue weighted by Gasteiger charge is -2.36. The summed E-state index contributed by atoms with van der Waals surface area (Å²) in [6, 6.07) is 5.78. The van der Waals surface area contributed by atoms with Gasteiger partial charge in [-0.2, -0.15) is 0 Å². The Bertz CT molecular complexity index is 664. The third-order valence-electron chi connectivity index (χ3n) is 5.21. The molecule has 1 aliphatic carbocycles. The largest absolute Gasteiger partial charge is 0.379 e. The fourth-order valence-corrected chi connectivity index (χ4v) is 3.96. The predicted octanol–water partition coefficient (Wildman–Crippen LogP) is 4.30. The maximum atomic E-state index is 12.8. The van der Waals surface area contributed by atoms with Gasteiger partial charge < -0.3 is 5.32 Å². The zero-order valence-corrected chi connectivity index (χ0v) is 14.7. The van der Waals surface area contributed by atoms with E-state index in [1.807, 2.05) is 18.2 Å². The normalized spacial score (nSPS) is 22.3. The van der Waals surface area contributed by atoms with E-state index in [1.165, 1.54) is 18.4 Å². The maximum absolute atomic E-state index is 12.8. The molecule has 0 amide bonds. The van der Waals surface area contributed by atoms with Crippen LogP contribution in [0.15, 0.2) is 24.3 Å². The molecule has 0 bridgehead atoms. The average molecular weight is 325 g/mol. The summed E-state index contributed by atoms with van der Waals surface area (Å²) >= 11 is 0. The lowest BCUT2D eigenvalue weighted by atomic mass is 9.84. The van der Waals surface area contributed by atoms with Gasteiger partial charge in [-0.1, -0.05) is 37.8 Å². The molecule has 3 nitrogen and oxygen atoms in total. The number of allylic oxidation sites excluding steroid dienone is 1. The molecule has 0 saturated heterocycles. The van der Waals surface area contributed by atoms with Crippen LogP contribution in [0.2, 0.25) is 0 Å². The van der Waals surface area contributed by atoms with E-state index in [4.69, 9.17) is 0 Å². The molecule has 0 atom stereocenters. The van der Waals surface area contributed by atoms with Crippen LogP contribution in [-0.4, -0.2) is 17.6 Å². The van der Waals surface area contributed by atoms with Crippen LogP contribution in [0.3, 0.4) is 0 Å². The van der Waals surface area contributed by atoms with Crippen molar-refractivity contribution in [3.8, 4) is 0 Å². The summed E-state index contributed by atoms with van der Waals surface area (Å²) < 4.78 is 0. The van der Waals surface area contributed by atoms with Crippen LogP contribution in [0.25, 0.3) is 5.70 Å². The molecule has 0 aromatic heterocycles. The van der Waals surface area contributed by atoms with Crippen LogP contribution >= 0.6 is 0 Å². The summed E-state index contributed by atoms with van der Waals surface area (Å²) in [5, 5.41) is 3.51. The summed E-state index contributed by atoms with van der Waals surface area (Å²) in [4.78, 5) is 23.9. The lowest BCUT2D eigenvalue weighted by Crippen LogP contribution is -2.44. The highest BCUT2D eigenvalue weighted by Gasteiger charge is 2.29. The molecular formula is C21H27NO2. The van der Waals surface area contributed by atoms with Gasteiger partial charge in [-0.25, -0.2) is 0 Å². The summed E-state index contributed by atoms with van der Waals surface area (Å²) in [6.07, 6.45) is 10.4. The van der Waals surface area contributed by atoms with Crippen molar-refractivity contribution >= 4 is 17.8 Å². The van der Waals surface area contributed by atoms with Crippen molar-refractivity contribution in [2.24, 2.45) is 5.92 Å². The van der Waals surface area contributed by atoms with E-state index in [0.717, 1.165) is 49.7 Å². The van der Waals surface area contributed by atoms with Crippen molar-refractivity contribution in [2.75, 3.05) is 0 Å². The Morgan fingerprint density at radius 3 is 2.54 bits per heavy atom. The van der Waals surface area contributed by atoms with Crippen LogP contribution in [0.4, 0.5) is 0 Å². The number of nitrogens with one attached hydrogen (secondary N) is 1. The summed E-state index contributed by atoms with van der Waals surface area (Å²) in [5.41, 5.74) is 3.64. The minimum absolute atomic E-state index is 0.0920. The zero-order chi connectivity index (χ0) is 17.2. The Kier molecular flexibility index (Phi) is 4.88.